The summed E-state index contributed by atoms with van der Waals surface area (Å²) in [5.41, 5.74) is 0. The lowest BCUT2D eigenvalue weighted by molar-refractivity contribution is 0.174. The molecule has 1 nitrogen and oxygen atoms in total. The van der Waals surface area contributed by atoms with Crippen molar-refractivity contribution in [3.05, 3.63) is 0 Å². The third-order valence-corrected chi connectivity index (χ3v) is 4.95. The largest absolute Gasteiger partial charge is 0.317 e. The Kier molecular flexibility index (Phi) is 4.07. The fourth-order valence-electron chi connectivity index (χ4n) is 4.00. The number of hydrogen-bond donors (Lipinski definition) is 1. The molecular formula is C14H27N. The Morgan fingerprint density at radius 1 is 1.07 bits per heavy atom. The molecule has 2 aliphatic rings. The van der Waals surface area contributed by atoms with Crippen molar-refractivity contribution in [2.24, 2.45) is 17.8 Å². The van der Waals surface area contributed by atoms with Crippen LogP contribution in [0.4, 0.5) is 0 Å². The molecule has 1 N–H and O–H groups in total. The predicted molar refractivity (Wildman–Crippen MR) is 65.9 cm³/mol. The summed E-state index contributed by atoms with van der Waals surface area (Å²) in [6.45, 7) is 2.37. The quantitative estimate of drug-likeness (QED) is 0.749. The van der Waals surface area contributed by atoms with Crippen molar-refractivity contribution in [1.82, 2.24) is 5.32 Å². The molecule has 2 saturated carbocycles. The minimum absolute atomic E-state index is 0.839. The van der Waals surface area contributed by atoms with Gasteiger partial charge < -0.3 is 5.32 Å². The van der Waals surface area contributed by atoms with Crippen LogP contribution in [-0.2, 0) is 0 Å². The van der Waals surface area contributed by atoms with Gasteiger partial charge in [0.1, 0.15) is 0 Å². The first-order valence-electron chi connectivity index (χ1n) is 7.02. The van der Waals surface area contributed by atoms with Crippen LogP contribution in [0.3, 0.4) is 0 Å². The predicted octanol–water partition coefficient (Wildman–Crippen LogP) is 3.59. The fourth-order valence-corrected chi connectivity index (χ4v) is 4.00. The molecule has 4 unspecified atom stereocenters. The molecule has 4 atom stereocenters. The van der Waals surface area contributed by atoms with Crippen molar-refractivity contribution < 1.29 is 0 Å². The zero-order chi connectivity index (χ0) is 10.7. The molecule has 0 aromatic rings. The average Bonchev–Trinajstić information content (AvgIpc) is 2.77. The molecule has 0 bridgehead atoms. The second-order valence-corrected chi connectivity index (χ2v) is 5.69. The van der Waals surface area contributed by atoms with E-state index >= 15 is 0 Å². The third-order valence-electron chi connectivity index (χ3n) is 4.95. The topological polar surface area (TPSA) is 12.0 Å². The Bertz CT molecular complexity index is 190. The Morgan fingerprint density at radius 3 is 2.60 bits per heavy atom. The normalized spacial score (nSPS) is 42.0. The second-order valence-electron chi connectivity index (χ2n) is 5.69. The molecule has 0 aliphatic heterocycles. The minimum Gasteiger partial charge on any atom is -0.317 e. The van der Waals surface area contributed by atoms with Crippen LogP contribution in [0, 0.1) is 17.8 Å². The Labute approximate surface area is 95.0 Å². The van der Waals surface area contributed by atoms with E-state index < -0.39 is 0 Å². The van der Waals surface area contributed by atoms with Gasteiger partial charge in [0.05, 0.1) is 0 Å². The zero-order valence-electron chi connectivity index (χ0n) is 10.5. The summed E-state index contributed by atoms with van der Waals surface area (Å²) in [7, 11) is 2.16. The summed E-state index contributed by atoms with van der Waals surface area (Å²) in [6.07, 6.45) is 11.8. The Balaban J connectivity index is 1.91. The van der Waals surface area contributed by atoms with Crippen LogP contribution in [0.1, 0.15) is 58.3 Å². The molecule has 0 amide bonds. The lowest BCUT2D eigenvalue weighted by Crippen LogP contribution is -2.35. The molecular weight excluding hydrogens is 182 g/mol. The van der Waals surface area contributed by atoms with E-state index in [1.165, 1.54) is 51.4 Å². The highest BCUT2D eigenvalue weighted by atomic mass is 14.9. The van der Waals surface area contributed by atoms with Crippen molar-refractivity contribution in [1.29, 1.82) is 0 Å². The van der Waals surface area contributed by atoms with Gasteiger partial charge in [-0.25, -0.2) is 0 Å². The van der Waals surface area contributed by atoms with Gasteiger partial charge in [-0.3, -0.25) is 0 Å². The smallest absolute Gasteiger partial charge is 0.00949 e. The van der Waals surface area contributed by atoms with Gasteiger partial charge in [0, 0.05) is 6.04 Å². The summed E-state index contributed by atoms with van der Waals surface area (Å²) >= 11 is 0. The van der Waals surface area contributed by atoms with E-state index in [1.54, 1.807) is 0 Å². The molecule has 2 aliphatic carbocycles. The molecule has 0 heterocycles. The third kappa shape index (κ3) is 2.55. The van der Waals surface area contributed by atoms with Gasteiger partial charge in [-0.1, -0.05) is 39.0 Å². The molecule has 1 heteroatoms. The summed E-state index contributed by atoms with van der Waals surface area (Å²) in [4.78, 5) is 0. The van der Waals surface area contributed by atoms with Gasteiger partial charge in [0.2, 0.25) is 0 Å². The molecule has 88 valence electrons. The van der Waals surface area contributed by atoms with Crippen LogP contribution >= 0.6 is 0 Å². The number of rotatable bonds is 3. The first kappa shape index (κ1) is 11.4. The van der Waals surface area contributed by atoms with Crippen LogP contribution in [-0.4, -0.2) is 13.1 Å². The molecule has 15 heavy (non-hydrogen) atoms. The maximum atomic E-state index is 3.54. The van der Waals surface area contributed by atoms with E-state index in [0.29, 0.717) is 0 Å². The van der Waals surface area contributed by atoms with Crippen LogP contribution in [0.2, 0.25) is 0 Å². The lowest BCUT2D eigenvalue weighted by atomic mass is 9.73. The Hall–Kier alpha value is -0.0400. The second kappa shape index (κ2) is 5.34. The number of nitrogens with one attached hydrogen (secondary N) is 1. The summed E-state index contributed by atoms with van der Waals surface area (Å²) in [5.74, 6) is 3.09. The van der Waals surface area contributed by atoms with Crippen molar-refractivity contribution in [3.8, 4) is 0 Å². The van der Waals surface area contributed by atoms with Crippen LogP contribution in [0.25, 0.3) is 0 Å². The highest BCUT2D eigenvalue weighted by molar-refractivity contribution is 4.89. The highest BCUT2D eigenvalue weighted by Crippen LogP contribution is 2.41. The first-order valence-corrected chi connectivity index (χ1v) is 7.02. The molecule has 0 spiro atoms. The van der Waals surface area contributed by atoms with Gasteiger partial charge in [0.25, 0.3) is 0 Å². The van der Waals surface area contributed by atoms with Gasteiger partial charge in [-0.2, -0.15) is 0 Å². The van der Waals surface area contributed by atoms with Crippen LogP contribution < -0.4 is 5.32 Å². The van der Waals surface area contributed by atoms with E-state index in [-0.39, 0.29) is 0 Å². The van der Waals surface area contributed by atoms with Crippen LogP contribution in [0.5, 0.6) is 0 Å². The van der Waals surface area contributed by atoms with Gasteiger partial charge in [0.15, 0.2) is 0 Å². The Morgan fingerprint density at radius 2 is 1.87 bits per heavy atom. The maximum absolute atomic E-state index is 3.54. The molecule has 0 aromatic heterocycles. The summed E-state index contributed by atoms with van der Waals surface area (Å²) < 4.78 is 0. The van der Waals surface area contributed by atoms with Crippen molar-refractivity contribution in [2.45, 2.75) is 64.3 Å². The minimum atomic E-state index is 0.839. The lowest BCUT2D eigenvalue weighted by Gasteiger charge is -2.35. The average molecular weight is 209 g/mol. The van der Waals surface area contributed by atoms with Crippen molar-refractivity contribution >= 4 is 0 Å². The first-order chi connectivity index (χ1) is 7.35. The van der Waals surface area contributed by atoms with Gasteiger partial charge in [-0.15, -0.1) is 0 Å². The maximum Gasteiger partial charge on any atom is 0.00949 e. The standard InChI is InChI=1S/C14H27N/c1-3-11-6-4-7-12(10-11)13-8-5-9-14(13)15-2/h11-15H,3-10H2,1-2H3. The van der Waals surface area contributed by atoms with Gasteiger partial charge >= 0.3 is 0 Å². The SMILES string of the molecule is CCC1CCCC(C2CCCC2NC)C1. The molecule has 2 fully saturated rings. The zero-order valence-corrected chi connectivity index (χ0v) is 10.5. The van der Waals surface area contributed by atoms with E-state index in [9.17, 15) is 0 Å². The molecule has 0 radical (unpaired) electrons. The van der Waals surface area contributed by atoms with Crippen molar-refractivity contribution in [3.63, 3.8) is 0 Å². The van der Waals surface area contributed by atoms with E-state index in [1.807, 2.05) is 0 Å². The highest BCUT2D eigenvalue weighted by Gasteiger charge is 2.34. The van der Waals surface area contributed by atoms with E-state index in [0.717, 1.165) is 23.8 Å². The number of hydrogen-bond acceptors (Lipinski definition) is 1. The van der Waals surface area contributed by atoms with E-state index in [4.69, 9.17) is 0 Å². The molecule has 2 rings (SSSR count). The molecule has 0 aromatic carbocycles. The summed E-state index contributed by atoms with van der Waals surface area (Å²) in [5, 5.41) is 3.54. The van der Waals surface area contributed by atoms with Crippen molar-refractivity contribution in [2.75, 3.05) is 7.05 Å². The molecule has 0 saturated heterocycles. The van der Waals surface area contributed by atoms with E-state index in [2.05, 4.69) is 19.3 Å². The van der Waals surface area contributed by atoms with Gasteiger partial charge in [-0.05, 0) is 44.1 Å². The van der Waals surface area contributed by atoms with Crippen LogP contribution in [0.15, 0.2) is 0 Å². The monoisotopic (exact) mass is 209 g/mol. The summed E-state index contributed by atoms with van der Waals surface area (Å²) in [6, 6.07) is 0.839. The fraction of sp³-hybridized carbons (Fsp3) is 1.00.